The Morgan fingerprint density at radius 2 is 1.73 bits per heavy atom. The zero-order valence-corrected chi connectivity index (χ0v) is 8.77. The quantitative estimate of drug-likeness (QED) is 0.622. The van der Waals surface area contributed by atoms with Gasteiger partial charge < -0.3 is 4.90 Å². The van der Waals surface area contributed by atoms with E-state index in [0.717, 1.165) is 5.92 Å². The van der Waals surface area contributed by atoms with Crippen LogP contribution >= 0.6 is 13.5 Å². The summed E-state index contributed by atoms with van der Waals surface area (Å²) < 4.78 is 0. The lowest BCUT2D eigenvalue weighted by Gasteiger charge is -2.30. The lowest BCUT2D eigenvalue weighted by Crippen LogP contribution is -2.33. The van der Waals surface area contributed by atoms with Crippen molar-refractivity contribution < 1.29 is 0 Å². The smallest absolute Gasteiger partial charge is 0.00162 e. The molecule has 1 rings (SSSR count). The predicted molar refractivity (Wildman–Crippen MR) is 55.5 cm³/mol. The van der Waals surface area contributed by atoms with Crippen LogP contribution in [0.15, 0.2) is 0 Å². The molecular formula is C9H21NS. The van der Waals surface area contributed by atoms with Crippen LogP contribution in [0.25, 0.3) is 0 Å². The highest BCUT2D eigenvalue weighted by Gasteiger charge is 2.15. The van der Waals surface area contributed by atoms with Gasteiger partial charge in [0.05, 0.1) is 0 Å². The first kappa shape index (κ1) is 11.3. The molecule has 0 N–H and O–H groups in total. The van der Waals surface area contributed by atoms with E-state index in [0.29, 0.717) is 0 Å². The van der Waals surface area contributed by atoms with Crippen LogP contribution in [-0.4, -0.2) is 24.5 Å². The standard InChI is InChI=1S/C9H19N.H2S/c1-3-9-5-7-10(4-2)8-6-9;/h9H,3-8H2,1-2H3;1H2. The van der Waals surface area contributed by atoms with Gasteiger partial charge >= 0.3 is 0 Å². The van der Waals surface area contributed by atoms with Crippen LogP contribution in [-0.2, 0) is 0 Å². The molecule has 0 spiro atoms. The fraction of sp³-hybridized carbons (Fsp3) is 1.00. The summed E-state index contributed by atoms with van der Waals surface area (Å²) in [6, 6.07) is 0. The van der Waals surface area contributed by atoms with Crippen molar-refractivity contribution in [2.45, 2.75) is 33.1 Å². The van der Waals surface area contributed by atoms with Crippen LogP contribution < -0.4 is 0 Å². The molecule has 0 saturated carbocycles. The summed E-state index contributed by atoms with van der Waals surface area (Å²) in [5.74, 6) is 1.03. The van der Waals surface area contributed by atoms with Gasteiger partial charge in [0, 0.05) is 0 Å². The Morgan fingerprint density at radius 3 is 2.09 bits per heavy atom. The van der Waals surface area contributed by atoms with Crippen molar-refractivity contribution in [1.82, 2.24) is 4.90 Å². The molecule has 1 aliphatic rings. The van der Waals surface area contributed by atoms with E-state index >= 15 is 0 Å². The van der Waals surface area contributed by atoms with Crippen molar-refractivity contribution in [3.8, 4) is 0 Å². The molecule has 0 amide bonds. The van der Waals surface area contributed by atoms with Gasteiger partial charge in [0.1, 0.15) is 0 Å². The van der Waals surface area contributed by atoms with Crippen molar-refractivity contribution in [2.24, 2.45) is 5.92 Å². The molecule has 2 heteroatoms. The zero-order chi connectivity index (χ0) is 7.40. The van der Waals surface area contributed by atoms with Crippen LogP contribution in [0.5, 0.6) is 0 Å². The molecule has 68 valence electrons. The van der Waals surface area contributed by atoms with E-state index in [1.54, 1.807) is 0 Å². The predicted octanol–water partition coefficient (Wildman–Crippen LogP) is 2.24. The zero-order valence-electron chi connectivity index (χ0n) is 7.77. The molecule has 0 atom stereocenters. The maximum Gasteiger partial charge on any atom is -0.00162 e. The number of hydrogen-bond acceptors (Lipinski definition) is 1. The molecule has 0 unspecified atom stereocenters. The van der Waals surface area contributed by atoms with Crippen LogP contribution in [0, 0.1) is 5.92 Å². The van der Waals surface area contributed by atoms with E-state index < -0.39 is 0 Å². The van der Waals surface area contributed by atoms with Gasteiger partial charge in [-0.3, -0.25) is 0 Å². The van der Waals surface area contributed by atoms with E-state index in [2.05, 4.69) is 18.7 Å². The van der Waals surface area contributed by atoms with E-state index in [9.17, 15) is 0 Å². The summed E-state index contributed by atoms with van der Waals surface area (Å²) in [5.41, 5.74) is 0. The molecule has 1 aliphatic heterocycles. The maximum absolute atomic E-state index is 2.55. The van der Waals surface area contributed by atoms with Crippen molar-refractivity contribution >= 4 is 13.5 Å². The number of piperidine rings is 1. The second-order valence-electron chi connectivity index (χ2n) is 3.29. The first-order valence-corrected chi connectivity index (χ1v) is 4.59. The molecule has 0 aromatic carbocycles. The monoisotopic (exact) mass is 175 g/mol. The molecule has 1 nitrogen and oxygen atoms in total. The number of nitrogens with zero attached hydrogens (tertiary/aromatic N) is 1. The molecule has 0 radical (unpaired) electrons. The average molecular weight is 175 g/mol. The Kier molecular flexibility index (Phi) is 6.06. The summed E-state index contributed by atoms with van der Waals surface area (Å²) in [4.78, 5) is 2.55. The van der Waals surface area contributed by atoms with E-state index in [1.807, 2.05) is 0 Å². The fourth-order valence-corrected chi connectivity index (χ4v) is 1.71. The first-order chi connectivity index (χ1) is 4.86. The van der Waals surface area contributed by atoms with Gasteiger partial charge in [0.15, 0.2) is 0 Å². The first-order valence-electron chi connectivity index (χ1n) is 4.59. The molecule has 0 bridgehead atoms. The van der Waals surface area contributed by atoms with Gasteiger partial charge in [-0.15, -0.1) is 0 Å². The van der Waals surface area contributed by atoms with Gasteiger partial charge in [0.25, 0.3) is 0 Å². The third kappa shape index (κ3) is 3.48. The molecule has 1 fully saturated rings. The van der Waals surface area contributed by atoms with Crippen molar-refractivity contribution in [3.05, 3.63) is 0 Å². The van der Waals surface area contributed by atoms with Gasteiger partial charge in [-0.05, 0) is 38.4 Å². The van der Waals surface area contributed by atoms with Gasteiger partial charge in [0.2, 0.25) is 0 Å². The topological polar surface area (TPSA) is 3.24 Å². The lowest BCUT2D eigenvalue weighted by molar-refractivity contribution is 0.190. The minimum Gasteiger partial charge on any atom is -0.304 e. The summed E-state index contributed by atoms with van der Waals surface area (Å²) in [6.07, 6.45) is 4.26. The van der Waals surface area contributed by atoms with Gasteiger partial charge in [-0.2, -0.15) is 13.5 Å². The average Bonchev–Trinajstić information content (AvgIpc) is 2.05. The van der Waals surface area contributed by atoms with Gasteiger partial charge in [-0.25, -0.2) is 0 Å². The van der Waals surface area contributed by atoms with Crippen molar-refractivity contribution in [1.29, 1.82) is 0 Å². The van der Waals surface area contributed by atoms with Crippen LogP contribution in [0.3, 0.4) is 0 Å². The van der Waals surface area contributed by atoms with Crippen molar-refractivity contribution in [2.75, 3.05) is 19.6 Å². The summed E-state index contributed by atoms with van der Waals surface area (Å²) >= 11 is 0. The second-order valence-corrected chi connectivity index (χ2v) is 3.29. The van der Waals surface area contributed by atoms with E-state index in [-0.39, 0.29) is 13.5 Å². The Hall–Kier alpha value is 0.310. The van der Waals surface area contributed by atoms with Crippen molar-refractivity contribution in [3.63, 3.8) is 0 Å². The normalized spacial score (nSPS) is 21.3. The molecule has 1 saturated heterocycles. The van der Waals surface area contributed by atoms with Crippen LogP contribution in [0.1, 0.15) is 33.1 Å². The Bertz CT molecular complexity index is 75.6. The number of rotatable bonds is 2. The lowest BCUT2D eigenvalue weighted by atomic mass is 9.95. The molecule has 0 aliphatic carbocycles. The highest BCUT2D eigenvalue weighted by atomic mass is 32.1. The summed E-state index contributed by atoms with van der Waals surface area (Å²) in [7, 11) is 0. The molecule has 1 heterocycles. The maximum atomic E-state index is 2.55. The minimum atomic E-state index is 0. The Morgan fingerprint density at radius 1 is 1.18 bits per heavy atom. The third-order valence-corrected chi connectivity index (χ3v) is 2.73. The summed E-state index contributed by atoms with van der Waals surface area (Å²) in [6.45, 7) is 8.50. The SMILES string of the molecule is CCC1CCN(CC)CC1.S. The molecule has 0 aromatic rings. The highest BCUT2D eigenvalue weighted by molar-refractivity contribution is 7.59. The number of hydrogen-bond donors (Lipinski definition) is 0. The minimum absolute atomic E-state index is 0. The van der Waals surface area contributed by atoms with Gasteiger partial charge in [-0.1, -0.05) is 20.3 Å². The van der Waals surface area contributed by atoms with E-state index in [1.165, 1.54) is 38.9 Å². The summed E-state index contributed by atoms with van der Waals surface area (Å²) in [5, 5.41) is 0. The number of likely N-dealkylation sites (tertiary alicyclic amines) is 1. The third-order valence-electron chi connectivity index (χ3n) is 2.73. The second kappa shape index (κ2) is 5.90. The highest BCUT2D eigenvalue weighted by Crippen LogP contribution is 2.19. The largest absolute Gasteiger partial charge is 0.304 e. The molecule has 0 aromatic heterocycles. The van der Waals surface area contributed by atoms with Crippen LogP contribution in [0.4, 0.5) is 0 Å². The Labute approximate surface area is 77.6 Å². The Balaban J connectivity index is 0.000001000. The van der Waals surface area contributed by atoms with Crippen LogP contribution in [0.2, 0.25) is 0 Å². The molecular weight excluding hydrogens is 154 g/mol. The molecule has 11 heavy (non-hydrogen) atoms. The van der Waals surface area contributed by atoms with E-state index in [4.69, 9.17) is 0 Å². The fourth-order valence-electron chi connectivity index (χ4n) is 1.71.